The van der Waals surface area contributed by atoms with Gasteiger partial charge in [-0.1, -0.05) is 6.07 Å². The first-order chi connectivity index (χ1) is 7.46. The third-order valence-corrected chi connectivity index (χ3v) is 3.47. The van der Waals surface area contributed by atoms with E-state index in [4.69, 9.17) is 0 Å². The maximum absolute atomic E-state index is 13.0. The van der Waals surface area contributed by atoms with Crippen LogP contribution in [0.15, 0.2) is 18.2 Å². The normalized spacial score (nSPS) is 20.2. The van der Waals surface area contributed by atoms with Crippen LogP contribution in [-0.4, -0.2) is 23.9 Å². The molecule has 1 saturated heterocycles. The Bertz CT molecular complexity index is 395. The van der Waals surface area contributed by atoms with Crippen molar-refractivity contribution in [3.8, 4) is 0 Å². The van der Waals surface area contributed by atoms with E-state index in [1.807, 2.05) is 22.6 Å². The van der Waals surface area contributed by atoms with Crippen molar-refractivity contribution < 1.29 is 13.2 Å². The second-order valence-corrected chi connectivity index (χ2v) is 5.23. The van der Waals surface area contributed by atoms with Crippen molar-refractivity contribution in [3.63, 3.8) is 0 Å². The van der Waals surface area contributed by atoms with Crippen LogP contribution in [0.1, 0.15) is 12.0 Å². The zero-order valence-corrected chi connectivity index (χ0v) is 10.7. The first kappa shape index (κ1) is 12.2. The highest BCUT2D eigenvalue weighted by atomic mass is 127. The Morgan fingerprint density at radius 3 is 2.69 bits per heavy atom. The molecule has 88 valence electrons. The summed E-state index contributed by atoms with van der Waals surface area (Å²) in [4.78, 5) is 1.70. The Morgan fingerprint density at radius 1 is 1.38 bits per heavy atom. The number of hydrogen-bond donors (Lipinski definition) is 0. The second-order valence-electron chi connectivity index (χ2n) is 4.07. The summed E-state index contributed by atoms with van der Waals surface area (Å²) >= 11 is 1.90. The van der Waals surface area contributed by atoms with Crippen LogP contribution in [0.4, 0.5) is 13.2 Å². The van der Waals surface area contributed by atoms with Gasteiger partial charge >= 0.3 is 0 Å². The zero-order chi connectivity index (χ0) is 11.8. The molecule has 0 aromatic heterocycles. The van der Waals surface area contributed by atoms with Gasteiger partial charge in [0, 0.05) is 23.1 Å². The average molecular weight is 341 g/mol. The Balaban J connectivity index is 2.02. The van der Waals surface area contributed by atoms with Crippen molar-refractivity contribution in [1.82, 2.24) is 4.90 Å². The molecule has 1 heterocycles. The lowest BCUT2D eigenvalue weighted by Gasteiger charge is -2.15. The number of hydrogen-bond acceptors (Lipinski definition) is 1. The van der Waals surface area contributed by atoms with E-state index in [0.717, 1.165) is 5.56 Å². The third kappa shape index (κ3) is 2.88. The molecule has 0 N–H and O–H groups in total. The van der Waals surface area contributed by atoms with Crippen molar-refractivity contribution >= 4 is 22.6 Å². The van der Waals surface area contributed by atoms with Gasteiger partial charge in [-0.05, 0) is 40.3 Å². The van der Waals surface area contributed by atoms with Crippen molar-refractivity contribution in [2.45, 2.75) is 18.9 Å². The molecular weight excluding hydrogens is 330 g/mol. The summed E-state index contributed by atoms with van der Waals surface area (Å²) in [5, 5.41) is 0. The van der Waals surface area contributed by atoms with Crippen molar-refractivity contribution in [3.05, 3.63) is 33.1 Å². The lowest BCUT2D eigenvalue weighted by Crippen LogP contribution is -2.24. The summed E-state index contributed by atoms with van der Waals surface area (Å²) in [5.41, 5.74) is 0.878. The van der Waals surface area contributed by atoms with Gasteiger partial charge in [-0.3, -0.25) is 4.90 Å². The van der Waals surface area contributed by atoms with E-state index in [0.29, 0.717) is 16.7 Å². The quantitative estimate of drug-likeness (QED) is 0.747. The van der Waals surface area contributed by atoms with Crippen LogP contribution >= 0.6 is 22.6 Å². The van der Waals surface area contributed by atoms with Gasteiger partial charge < -0.3 is 0 Å². The molecule has 0 atom stereocenters. The van der Waals surface area contributed by atoms with E-state index < -0.39 is 5.92 Å². The Kier molecular flexibility index (Phi) is 3.44. The summed E-state index contributed by atoms with van der Waals surface area (Å²) < 4.78 is 39.4. The van der Waals surface area contributed by atoms with E-state index in [2.05, 4.69) is 0 Å². The minimum absolute atomic E-state index is 0.0781. The van der Waals surface area contributed by atoms with Gasteiger partial charge in [0.25, 0.3) is 5.92 Å². The van der Waals surface area contributed by atoms with E-state index in [1.54, 1.807) is 17.0 Å². The minimum Gasteiger partial charge on any atom is -0.293 e. The fourth-order valence-electron chi connectivity index (χ4n) is 1.84. The van der Waals surface area contributed by atoms with Crippen molar-refractivity contribution in [2.24, 2.45) is 0 Å². The number of benzene rings is 1. The number of nitrogens with zero attached hydrogens (tertiary/aromatic N) is 1. The molecule has 5 heteroatoms. The number of alkyl halides is 2. The Labute approximate surface area is 106 Å². The molecule has 0 aliphatic carbocycles. The highest BCUT2D eigenvalue weighted by Gasteiger charge is 2.37. The highest BCUT2D eigenvalue weighted by molar-refractivity contribution is 14.1. The topological polar surface area (TPSA) is 3.24 Å². The molecule has 1 aromatic rings. The molecule has 1 aliphatic heterocycles. The molecule has 1 nitrogen and oxygen atoms in total. The molecule has 0 unspecified atom stereocenters. The van der Waals surface area contributed by atoms with Gasteiger partial charge in [0.05, 0.1) is 6.54 Å². The lowest BCUT2D eigenvalue weighted by molar-refractivity contribution is 0.0115. The summed E-state index contributed by atoms with van der Waals surface area (Å²) in [6.45, 7) is 0.674. The maximum Gasteiger partial charge on any atom is 0.261 e. The fraction of sp³-hybridized carbons (Fsp3) is 0.455. The molecule has 1 aliphatic rings. The van der Waals surface area contributed by atoms with Crippen LogP contribution in [0.3, 0.4) is 0 Å². The minimum atomic E-state index is -2.56. The predicted molar refractivity (Wildman–Crippen MR) is 64.0 cm³/mol. The summed E-state index contributed by atoms with van der Waals surface area (Å²) in [6.07, 6.45) is -0.0781. The van der Waals surface area contributed by atoms with Gasteiger partial charge in [-0.15, -0.1) is 0 Å². The van der Waals surface area contributed by atoms with Crippen molar-refractivity contribution in [2.75, 3.05) is 13.1 Å². The van der Waals surface area contributed by atoms with Gasteiger partial charge in [0.2, 0.25) is 0 Å². The smallest absolute Gasteiger partial charge is 0.261 e. The zero-order valence-electron chi connectivity index (χ0n) is 8.52. The van der Waals surface area contributed by atoms with E-state index >= 15 is 0 Å². The monoisotopic (exact) mass is 341 g/mol. The first-order valence-corrected chi connectivity index (χ1v) is 6.08. The summed E-state index contributed by atoms with van der Waals surface area (Å²) in [6, 6.07) is 4.73. The number of rotatable bonds is 2. The predicted octanol–water partition coefficient (Wildman–Crippen LogP) is 3.27. The Hall–Kier alpha value is -0.300. The standard InChI is InChI=1S/C11H11F3IN/c12-9-2-1-8(5-10(9)15)6-16-4-3-11(13,14)7-16/h1-2,5H,3-4,6-7H2. The number of halogens is 4. The van der Waals surface area contributed by atoms with E-state index in [1.165, 1.54) is 6.07 Å². The molecule has 0 radical (unpaired) electrons. The second kappa shape index (κ2) is 4.52. The van der Waals surface area contributed by atoms with E-state index in [-0.39, 0.29) is 18.8 Å². The van der Waals surface area contributed by atoms with Crippen LogP contribution in [0.5, 0.6) is 0 Å². The molecule has 1 aromatic carbocycles. The molecule has 0 bridgehead atoms. The molecule has 16 heavy (non-hydrogen) atoms. The highest BCUT2D eigenvalue weighted by Crippen LogP contribution is 2.28. The molecule has 0 saturated carbocycles. The third-order valence-electron chi connectivity index (χ3n) is 2.64. The van der Waals surface area contributed by atoms with Gasteiger partial charge in [-0.25, -0.2) is 13.2 Å². The summed E-state index contributed by atoms with van der Waals surface area (Å²) in [7, 11) is 0. The molecule has 1 fully saturated rings. The molecular formula is C11H11F3IN. The van der Waals surface area contributed by atoms with Crippen LogP contribution in [0.2, 0.25) is 0 Å². The maximum atomic E-state index is 13.0. The number of likely N-dealkylation sites (tertiary alicyclic amines) is 1. The molecule has 2 rings (SSSR count). The molecule has 0 spiro atoms. The fourth-order valence-corrected chi connectivity index (χ4v) is 2.42. The van der Waals surface area contributed by atoms with Crippen LogP contribution in [0, 0.1) is 9.39 Å². The van der Waals surface area contributed by atoms with E-state index in [9.17, 15) is 13.2 Å². The van der Waals surface area contributed by atoms with Gasteiger partial charge in [0.15, 0.2) is 0 Å². The van der Waals surface area contributed by atoms with Gasteiger partial charge in [-0.2, -0.15) is 0 Å². The first-order valence-electron chi connectivity index (χ1n) is 5.00. The lowest BCUT2D eigenvalue weighted by atomic mass is 10.2. The molecule has 0 amide bonds. The van der Waals surface area contributed by atoms with Crippen LogP contribution in [-0.2, 0) is 6.54 Å². The van der Waals surface area contributed by atoms with Crippen LogP contribution in [0.25, 0.3) is 0 Å². The summed E-state index contributed by atoms with van der Waals surface area (Å²) in [5.74, 6) is -2.83. The largest absolute Gasteiger partial charge is 0.293 e. The van der Waals surface area contributed by atoms with Crippen molar-refractivity contribution in [1.29, 1.82) is 0 Å². The SMILES string of the molecule is Fc1ccc(CN2CCC(F)(F)C2)cc1I. The average Bonchev–Trinajstić information content (AvgIpc) is 2.52. The van der Waals surface area contributed by atoms with Crippen LogP contribution < -0.4 is 0 Å². The van der Waals surface area contributed by atoms with Gasteiger partial charge in [0.1, 0.15) is 5.82 Å². The Morgan fingerprint density at radius 2 is 2.12 bits per heavy atom.